The van der Waals surface area contributed by atoms with Crippen molar-refractivity contribution in [3.63, 3.8) is 0 Å². The highest BCUT2D eigenvalue weighted by Gasteiger charge is 2.20. The van der Waals surface area contributed by atoms with Crippen LogP contribution in [0.4, 0.5) is 11.5 Å². The lowest BCUT2D eigenvalue weighted by Gasteiger charge is -2.13. The van der Waals surface area contributed by atoms with E-state index in [2.05, 4.69) is 36.5 Å². The van der Waals surface area contributed by atoms with Crippen molar-refractivity contribution in [3.8, 4) is 11.4 Å². The highest BCUT2D eigenvalue weighted by atomic mass is 35.5. The number of benzene rings is 2. The molecular formula is C21H20ClN3. The van der Waals surface area contributed by atoms with E-state index in [4.69, 9.17) is 21.6 Å². The molecule has 0 saturated heterocycles. The van der Waals surface area contributed by atoms with Crippen molar-refractivity contribution < 1.29 is 0 Å². The molecular weight excluding hydrogens is 330 g/mol. The molecule has 1 aromatic heterocycles. The minimum absolute atomic E-state index is 0.700. The number of aromatic nitrogens is 2. The normalized spacial score (nSPS) is 12.9. The molecule has 0 saturated carbocycles. The predicted molar refractivity (Wildman–Crippen MR) is 104 cm³/mol. The lowest BCUT2D eigenvalue weighted by molar-refractivity contribution is 0.900. The third-order valence-corrected chi connectivity index (χ3v) is 4.88. The Labute approximate surface area is 153 Å². The zero-order chi connectivity index (χ0) is 17.2. The fourth-order valence-electron chi connectivity index (χ4n) is 3.25. The van der Waals surface area contributed by atoms with Gasteiger partial charge in [0.05, 0.1) is 0 Å². The number of nitrogens with one attached hydrogen (secondary N) is 1. The van der Waals surface area contributed by atoms with Crippen LogP contribution >= 0.6 is 11.6 Å². The van der Waals surface area contributed by atoms with Crippen LogP contribution in [0.15, 0.2) is 48.5 Å². The Balaban J connectivity index is 1.73. The van der Waals surface area contributed by atoms with E-state index in [1.165, 1.54) is 11.1 Å². The molecule has 1 aliphatic rings. The second-order valence-electron chi connectivity index (χ2n) is 6.36. The molecule has 1 N–H and O–H groups in total. The Bertz CT molecular complexity index is 904. The van der Waals surface area contributed by atoms with Gasteiger partial charge in [-0.1, -0.05) is 42.8 Å². The molecule has 0 fully saturated rings. The minimum Gasteiger partial charge on any atom is -0.340 e. The van der Waals surface area contributed by atoms with Gasteiger partial charge in [-0.3, -0.25) is 0 Å². The van der Waals surface area contributed by atoms with Crippen molar-refractivity contribution in [2.24, 2.45) is 0 Å². The quantitative estimate of drug-likeness (QED) is 0.667. The fraction of sp³-hybridized carbons (Fsp3) is 0.238. The molecule has 1 heterocycles. The molecule has 4 rings (SSSR count). The molecule has 0 spiro atoms. The van der Waals surface area contributed by atoms with Crippen LogP contribution in [0.25, 0.3) is 11.4 Å². The summed E-state index contributed by atoms with van der Waals surface area (Å²) in [6, 6.07) is 16.3. The van der Waals surface area contributed by atoms with E-state index in [1.807, 2.05) is 24.3 Å². The number of anilines is 2. The van der Waals surface area contributed by atoms with Crippen LogP contribution in [0.5, 0.6) is 0 Å². The summed E-state index contributed by atoms with van der Waals surface area (Å²) < 4.78 is 0. The monoisotopic (exact) mass is 349 g/mol. The maximum atomic E-state index is 6.14. The summed E-state index contributed by atoms with van der Waals surface area (Å²) in [5, 5.41) is 4.20. The van der Waals surface area contributed by atoms with Gasteiger partial charge in [-0.05, 0) is 55.5 Å². The number of aryl methyl sites for hydroxylation is 2. The zero-order valence-electron chi connectivity index (χ0n) is 14.2. The first-order valence-corrected chi connectivity index (χ1v) is 9.12. The summed E-state index contributed by atoms with van der Waals surface area (Å²) in [7, 11) is 0. The van der Waals surface area contributed by atoms with E-state index in [9.17, 15) is 0 Å². The number of halogens is 1. The van der Waals surface area contributed by atoms with Crippen LogP contribution in [-0.4, -0.2) is 9.97 Å². The van der Waals surface area contributed by atoms with Crippen molar-refractivity contribution >= 4 is 23.1 Å². The van der Waals surface area contributed by atoms with Crippen LogP contribution in [0.1, 0.15) is 30.2 Å². The van der Waals surface area contributed by atoms with Gasteiger partial charge >= 0.3 is 0 Å². The van der Waals surface area contributed by atoms with Gasteiger partial charge in [0.1, 0.15) is 5.82 Å². The largest absolute Gasteiger partial charge is 0.340 e. The first-order chi connectivity index (χ1) is 12.2. The summed E-state index contributed by atoms with van der Waals surface area (Å²) in [5.41, 5.74) is 5.73. The molecule has 1 aliphatic carbocycles. The molecule has 0 atom stereocenters. The molecule has 0 amide bonds. The second kappa shape index (κ2) is 6.85. The summed E-state index contributed by atoms with van der Waals surface area (Å²) in [6.45, 7) is 2.16. The fourth-order valence-corrected chi connectivity index (χ4v) is 3.44. The summed E-state index contributed by atoms with van der Waals surface area (Å²) in [6.07, 6.45) is 4.21. The number of hydrogen-bond donors (Lipinski definition) is 1. The third kappa shape index (κ3) is 3.38. The highest BCUT2D eigenvalue weighted by molar-refractivity contribution is 6.30. The van der Waals surface area contributed by atoms with Gasteiger partial charge in [-0.15, -0.1) is 0 Å². The summed E-state index contributed by atoms with van der Waals surface area (Å²) >= 11 is 6.14. The first-order valence-electron chi connectivity index (χ1n) is 8.74. The zero-order valence-corrected chi connectivity index (χ0v) is 15.0. The highest BCUT2D eigenvalue weighted by Crippen LogP contribution is 2.31. The molecule has 0 aliphatic heterocycles. The van der Waals surface area contributed by atoms with Crippen molar-refractivity contribution in [1.29, 1.82) is 0 Å². The van der Waals surface area contributed by atoms with Crippen LogP contribution in [0, 0.1) is 0 Å². The smallest absolute Gasteiger partial charge is 0.161 e. The molecule has 0 unspecified atom stereocenters. The number of hydrogen-bond acceptors (Lipinski definition) is 3. The molecule has 0 bridgehead atoms. The molecule has 3 nitrogen and oxygen atoms in total. The average Bonchev–Trinajstić information content (AvgIpc) is 3.11. The summed E-state index contributed by atoms with van der Waals surface area (Å²) in [5.74, 6) is 1.65. The standard InChI is InChI=1S/C21H20ClN3/c1-2-14-9-11-17(12-10-14)23-21-18-7-4-8-19(18)24-20(25-21)15-5-3-6-16(22)13-15/h3,5-6,9-13H,2,4,7-8H2,1H3,(H,23,24,25). The van der Waals surface area contributed by atoms with Crippen molar-refractivity contribution in [2.75, 3.05) is 5.32 Å². The third-order valence-electron chi connectivity index (χ3n) is 4.64. The van der Waals surface area contributed by atoms with Gasteiger partial charge in [-0.2, -0.15) is 0 Å². The molecule has 3 aromatic rings. The van der Waals surface area contributed by atoms with E-state index in [0.29, 0.717) is 5.02 Å². The van der Waals surface area contributed by atoms with Gasteiger partial charge in [0.25, 0.3) is 0 Å². The van der Waals surface area contributed by atoms with Gasteiger partial charge < -0.3 is 5.32 Å². The SMILES string of the molecule is CCc1ccc(Nc2nc(-c3cccc(Cl)c3)nc3c2CCC3)cc1. The van der Waals surface area contributed by atoms with Crippen LogP contribution in [-0.2, 0) is 19.3 Å². The lowest BCUT2D eigenvalue weighted by atomic mass is 10.1. The molecule has 2 aromatic carbocycles. The Morgan fingerprint density at radius 2 is 1.88 bits per heavy atom. The van der Waals surface area contributed by atoms with E-state index >= 15 is 0 Å². The van der Waals surface area contributed by atoms with Crippen molar-refractivity contribution in [1.82, 2.24) is 9.97 Å². The van der Waals surface area contributed by atoms with E-state index in [0.717, 1.165) is 54.3 Å². The first kappa shape index (κ1) is 16.1. The number of nitrogens with zero attached hydrogens (tertiary/aromatic N) is 2. The van der Waals surface area contributed by atoms with Crippen molar-refractivity contribution in [3.05, 3.63) is 70.4 Å². The second-order valence-corrected chi connectivity index (χ2v) is 6.80. The maximum absolute atomic E-state index is 6.14. The van der Waals surface area contributed by atoms with Gasteiger partial charge in [0.2, 0.25) is 0 Å². The molecule has 0 radical (unpaired) electrons. The number of rotatable bonds is 4. The van der Waals surface area contributed by atoms with Gasteiger partial charge in [0.15, 0.2) is 5.82 Å². The van der Waals surface area contributed by atoms with Gasteiger partial charge in [-0.25, -0.2) is 9.97 Å². The van der Waals surface area contributed by atoms with Crippen molar-refractivity contribution in [2.45, 2.75) is 32.6 Å². The Hall–Kier alpha value is -2.39. The minimum atomic E-state index is 0.700. The lowest BCUT2D eigenvalue weighted by Crippen LogP contribution is -2.03. The molecule has 4 heteroatoms. The van der Waals surface area contributed by atoms with E-state index < -0.39 is 0 Å². The van der Waals surface area contributed by atoms with E-state index in [-0.39, 0.29) is 0 Å². The molecule has 25 heavy (non-hydrogen) atoms. The predicted octanol–water partition coefficient (Wildman–Crippen LogP) is 5.59. The molecule has 126 valence electrons. The Kier molecular flexibility index (Phi) is 4.41. The number of fused-ring (bicyclic) bond motifs is 1. The Morgan fingerprint density at radius 1 is 1.04 bits per heavy atom. The average molecular weight is 350 g/mol. The maximum Gasteiger partial charge on any atom is 0.161 e. The van der Waals surface area contributed by atoms with Crippen LogP contribution in [0.3, 0.4) is 0 Å². The summed E-state index contributed by atoms with van der Waals surface area (Å²) in [4.78, 5) is 9.60. The van der Waals surface area contributed by atoms with Crippen LogP contribution < -0.4 is 5.32 Å². The Morgan fingerprint density at radius 3 is 2.64 bits per heavy atom. The van der Waals surface area contributed by atoms with E-state index in [1.54, 1.807) is 0 Å². The van der Waals surface area contributed by atoms with Gasteiger partial charge in [0, 0.05) is 27.5 Å². The topological polar surface area (TPSA) is 37.8 Å². The van der Waals surface area contributed by atoms with Crippen LogP contribution in [0.2, 0.25) is 5.02 Å².